The van der Waals surface area contributed by atoms with Crippen molar-refractivity contribution in [1.29, 1.82) is 0 Å². The number of rotatable bonds is 2. The standard InChI is InChI=1S/C12H9N3OS/c13-10-3-1-2-8(6-10)11-14-12(16-15-11)9-4-5-17-7-9/h1-7H,13H2. The Kier molecular flexibility index (Phi) is 2.38. The van der Waals surface area contributed by atoms with E-state index >= 15 is 0 Å². The van der Waals surface area contributed by atoms with E-state index in [0.717, 1.165) is 11.1 Å². The van der Waals surface area contributed by atoms with Crippen molar-refractivity contribution in [3.63, 3.8) is 0 Å². The van der Waals surface area contributed by atoms with Crippen molar-refractivity contribution in [2.45, 2.75) is 0 Å². The molecule has 17 heavy (non-hydrogen) atoms. The third-order valence-electron chi connectivity index (χ3n) is 2.34. The molecule has 0 saturated carbocycles. The van der Waals surface area contributed by atoms with Crippen LogP contribution in [0.15, 0.2) is 45.6 Å². The van der Waals surface area contributed by atoms with Gasteiger partial charge in [-0.25, -0.2) is 0 Å². The first kappa shape index (κ1) is 10.0. The Balaban J connectivity index is 2.01. The van der Waals surface area contributed by atoms with E-state index in [-0.39, 0.29) is 0 Å². The molecule has 0 aliphatic heterocycles. The summed E-state index contributed by atoms with van der Waals surface area (Å²) in [6.45, 7) is 0. The maximum Gasteiger partial charge on any atom is 0.259 e. The van der Waals surface area contributed by atoms with Gasteiger partial charge in [-0.1, -0.05) is 17.3 Å². The molecule has 0 amide bonds. The first-order chi connectivity index (χ1) is 8.33. The van der Waals surface area contributed by atoms with Crippen molar-refractivity contribution in [2.75, 3.05) is 5.73 Å². The van der Waals surface area contributed by atoms with Crippen LogP contribution in [0.25, 0.3) is 22.8 Å². The van der Waals surface area contributed by atoms with Gasteiger partial charge in [0.25, 0.3) is 5.89 Å². The topological polar surface area (TPSA) is 64.9 Å². The van der Waals surface area contributed by atoms with Gasteiger partial charge >= 0.3 is 0 Å². The van der Waals surface area contributed by atoms with Gasteiger partial charge in [-0.3, -0.25) is 0 Å². The fourth-order valence-corrected chi connectivity index (χ4v) is 2.15. The second kappa shape index (κ2) is 4.03. The number of hydrogen-bond acceptors (Lipinski definition) is 5. The Hall–Kier alpha value is -2.14. The minimum Gasteiger partial charge on any atom is -0.399 e. The molecule has 0 unspecified atom stereocenters. The van der Waals surface area contributed by atoms with E-state index in [1.54, 1.807) is 11.3 Å². The van der Waals surface area contributed by atoms with E-state index in [0.29, 0.717) is 17.4 Å². The fourth-order valence-electron chi connectivity index (χ4n) is 1.52. The van der Waals surface area contributed by atoms with Gasteiger partial charge in [0, 0.05) is 16.6 Å². The number of anilines is 1. The highest BCUT2D eigenvalue weighted by molar-refractivity contribution is 7.08. The SMILES string of the molecule is Nc1cccc(-c2noc(-c3ccsc3)n2)c1. The van der Waals surface area contributed by atoms with Crippen molar-refractivity contribution >= 4 is 17.0 Å². The summed E-state index contributed by atoms with van der Waals surface area (Å²) in [4.78, 5) is 4.34. The van der Waals surface area contributed by atoms with Crippen LogP contribution in [-0.2, 0) is 0 Å². The summed E-state index contributed by atoms with van der Waals surface area (Å²) >= 11 is 1.59. The highest BCUT2D eigenvalue weighted by Gasteiger charge is 2.10. The van der Waals surface area contributed by atoms with Crippen molar-refractivity contribution in [3.8, 4) is 22.8 Å². The van der Waals surface area contributed by atoms with Crippen LogP contribution in [0.2, 0.25) is 0 Å². The Labute approximate surface area is 102 Å². The number of hydrogen-bond donors (Lipinski definition) is 1. The zero-order valence-electron chi connectivity index (χ0n) is 8.83. The van der Waals surface area contributed by atoms with Crippen LogP contribution in [0.4, 0.5) is 5.69 Å². The molecule has 2 heterocycles. The van der Waals surface area contributed by atoms with Gasteiger partial charge in [-0.05, 0) is 23.6 Å². The predicted molar refractivity (Wildman–Crippen MR) is 67.5 cm³/mol. The zero-order valence-corrected chi connectivity index (χ0v) is 9.65. The molecule has 3 rings (SSSR count). The molecule has 4 nitrogen and oxygen atoms in total. The maximum atomic E-state index is 5.71. The Morgan fingerprint density at radius 3 is 2.88 bits per heavy atom. The largest absolute Gasteiger partial charge is 0.399 e. The van der Waals surface area contributed by atoms with Crippen LogP contribution in [0.1, 0.15) is 0 Å². The summed E-state index contributed by atoms with van der Waals surface area (Å²) in [7, 11) is 0. The second-order valence-electron chi connectivity index (χ2n) is 3.56. The highest BCUT2D eigenvalue weighted by Crippen LogP contribution is 2.24. The molecule has 0 bridgehead atoms. The monoisotopic (exact) mass is 243 g/mol. The van der Waals surface area contributed by atoms with E-state index < -0.39 is 0 Å². The molecule has 0 fully saturated rings. The van der Waals surface area contributed by atoms with Gasteiger partial charge in [0.2, 0.25) is 5.82 Å². The van der Waals surface area contributed by atoms with E-state index in [1.165, 1.54) is 0 Å². The number of nitrogens with zero attached hydrogens (tertiary/aromatic N) is 2. The van der Waals surface area contributed by atoms with Crippen LogP contribution in [-0.4, -0.2) is 10.1 Å². The molecule has 0 spiro atoms. The quantitative estimate of drug-likeness (QED) is 0.702. The molecule has 5 heteroatoms. The molecule has 1 aromatic carbocycles. The third-order valence-corrected chi connectivity index (χ3v) is 3.02. The smallest absolute Gasteiger partial charge is 0.259 e. The average Bonchev–Trinajstić information content (AvgIpc) is 3.00. The fraction of sp³-hybridized carbons (Fsp3) is 0. The minimum atomic E-state index is 0.531. The summed E-state index contributed by atoms with van der Waals surface area (Å²) < 4.78 is 5.21. The molecule has 0 atom stereocenters. The van der Waals surface area contributed by atoms with Crippen LogP contribution in [0.5, 0.6) is 0 Å². The van der Waals surface area contributed by atoms with E-state index in [1.807, 2.05) is 41.1 Å². The van der Waals surface area contributed by atoms with Crippen molar-refractivity contribution in [3.05, 3.63) is 41.1 Å². The summed E-state index contributed by atoms with van der Waals surface area (Å²) in [6.07, 6.45) is 0. The molecule has 3 aromatic rings. The molecule has 0 radical (unpaired) electrons. The highest BCUT2D eigenvalue weighted by atomic mass is 32.1. The number of nitrogen functional groups attached to an aromatic ring is 1. The van der Waals surface area contributed by atoms with Gasteiger partial charge in [0.15, 0.2) is 0 Å². The van der Waals surface area contributed by atoms with Gasteiger partial charge in [-0.15, -0.1) is 0 Å². The molecule has 0 aliphatic rings. The van der Waals surface area contributed by atoms with Gasteiger partial charge < -0.3 is 10.3 Å². The van der Waals surface area contributed by atoms with Crippen LogP contribution < -0.4 is 5.73 Å². The Morgan fingerprint density at radius 2 is 2.12 bits per heavy atom. The van der Waals surface area contributed by atoms with Crippen molar-refractivity contribution < 1.29 is 4.52 Å². The first-order valence-corrected chi connectivity index (χ1v) is 5.99. The number of benzene rings is 1. The lowest BCUT2D eigenvalue weighted by Gasteiger charge is -1.95. The number of nitrogens with two attached hydrogens (primary N) is 1. The van der Waals surface area contributed by atoms with Gasteiger partial charge in [0.05, 0.1) is 5.56 Å². The summed E-state index contributed by atoms with van der Waals surface area (Å²) in [5, 5.41) is 7.89. The van der Waals surface area contributed by atoms with E-state index in [4.69, 9.17) is 10.3 Å². The molecule has 2 N–H and O–H groups in total. The Morgan fingerprint density at radius 1 is 1.18 bits per heavy atom. The lowest BCUT2D eigenvalue weighted by Crippen LogP contribution is -1.86. The summed E-state index contributed by atoms with van der Waals surface area (Å²) in [5.74, 6) is 1.09. The van der Waals surface area contributed by atoms with E-state index in [9.17, 15) is 0 Å². The third kappa shape index (κ3) is 1.92. The van der Waals surface area contributed by atoms with Crippen LogP contribution in [0.3, 0.4) is 0 Å². The van der Waals surface area contributed by atoms with Crippen molar-refractivity contribution in [1.82, 2.24) is 10.1 Å². The molecular formula is C12H9N3OS. The summed E-state index contributed by atoms with van der Waals surface area (Å²) in [6, 6.07) is 9.36. The molecule has 0 saturated heterocycles. The maximum absolute atomic E-state index is 5.71. The van der Waals surface area contributed by atoms with Gasteiger partial charge in [-0.2, -0.15) is 16.3 Å². The lowest BCUT2D eigenvalue weighted by atomic mass is 10.2. The number of thiophene rings is 1. The molecule has 2 aromatic heterocycles. The lowest BCUT2D eigenvalue weighted by molar-refractivity contribution is 0.432. The van der Waals surface area contributed by atoms with Crippen LogP contribution in [0, 0.1) is 0 Å². The van der Waals surface area contributed by atoms with E-state index in [2.05, 4.69) is 10.1 Å². The molecule has 84 valence electrons. The minimum absolute atomic E-state index is 0.531. The van der Waals surface area contributed by atoms with Crippen molar-refractivity contribution in [2.24, 2.45) is 0 Å². The Bertz CT molecular complexity index is 631. The molecule has 0 aliphatic carbocycles. The summed E-state index contributed by atoms with van der Waals surface area (Å²) in [5.41, 5.74) is 8.20. The number of aromatic nitrogens is 2. The van der Waals surface area contributed by atoms with Crippen LogP contribution >= 0.6 is 11.3 Å². The van der Waals surface area contributed by atoms with Gasteiger partial charge in [0.1, 0.15) is 0 Å². The average molecular weight is 243 g/mol. The zero-order chi connectivity index (χ0) is 11.7. The predicted octanol–water partition coefficient (Wildman–Crippen LogP) is 3.05. The first-order valence-electron chi connectivity index (χ1n) is 5.05. The second-order valence-corrected chi connectivity index (χ2v) is 4.34. The normalized spacial score (nSPS) is 10.6. The molecular weight excluding hydrogens is 234 g/mol.